The van der Waals surface area contributed by atoms with E-state index >= 15 is 0 Å². The maximum atomic E-state index is 13.6. The van der Waals surface area contributed by atoms with Gasteiger partial charge in [-0.3, -0.25) is 14.5 Å². The van der Waals surface area contributed by atoms with Crippen molar-refractivity contribution in [1.82, 2.24) is 15.1 Å². The smallest absolute Gasteiger partial charge is 0.246 e. The predicted octanol–water partition coefficient (Wildman–Crippen LogP) is 3.65. The summed E-state index contributed by atoms with van der Waals surface area (Å²) in [6.07, 6.45) is 4.23. The van der Waals surface area contributed by atoms with Gasteiger partial charge in [0.1, 0.15) is 11.6 Å². The van der Waals surface area contributed by atoms with Crippen LogP contribution in [0.4, 0.5) is 0 Å². The van der Waals surface area contributed by atoms with Crippen LogP contribution in [0.15, 0.2) is 54.6 Å². The summed E-state index contributed by atoms with van der Waals surface area (Å²) in [5, 5.41) is 3.85. The third-order valence-corrected chi connectivity index (χ3v) is 7.48. The normalized spacial score (nSPS) is 23.4. The maximum absolute atomic E-state index is 13.6. The molecule has 1 aliphatic carbocycles. The van der Waals surface area contributed by atoms with Crippen LogP contribution in [-0.2, 0) is 22.6 Å². The minimum absolute atomic E-state index is 0.0322. The zero-order valence-corrected chi connectivity index (χ0v) is 19.1. The quantitative estimate of drug-likeness (QED) is 0.729. The fourth-order valence-corrected chi connectivity index (χ4v) is 5.24. The molecule has 2 amide bonds. The van der Waals surface area contributed by atoms with E-state index in [9.17, 15) is 9.59 Å². The highest BCUT2D eigenvalue weighted by Crippen LogP contribution is 2.38. The Bertz CT molecular complexity index is 966. The molecule has 6 heteroatoms. The number of hydrogen-bond acceptors (Lipinski definition) is 3. The summed E-state index contributed by atoms with van der Waals surface area (Å²) in [5.41, 5.74) is 1.59. The Labute approximate surface area is 194 Å². The van der Waals surface area contributed by atoms with Crippen molar-refractivity contribution in [2.24, 2.45) is 5.92 Å². The Morgan fingerprint density at radius 2 is 1.62 bits per heavy atom. The molecule has 2 aromatic carbocycles. The lowest BCUT2D eigenvalue weighted by Crippen LogP contribution is -2.73. The molecule has 5 nitrogen and oxygen atoms in total. The van der Waals surface area contributed by atoms with E-state index < -0.39 is 11.6 Å². The molecule has 1 saturated carbocycles. The first-order valence-corrected chi connectivity index (χ1v) is 12.0. The van der Waals surface area contributed by atoms with E-state index in [0.717, 1.165) is 43.1 Å². The molecule has 0 bridgehead atoms. The first kappa shape index (κ1) is 21.5. The average molecular weight is 452 g/mol. The van der Waals surface area contributed by atoms with Crippen molar-refractivity contribution in [1.29, 1.82) is 0 Å². The fourth-order valence-electron chi connectivity index (χ4n) is 5.11. The van der Waals surface area contributed by atoms with Crippen molar-refractivity contribution in [2.75, 3.05) is 19.6 Å². The van der Waals surface area contributed by atoms with Crippen molar-refractivity contribution in [3.05, 3.63) is 70.7 Å². The summed E-state index contributed by atoms with van der Waals surface area (Å²) in [6, 6.07) is 17.4. The number of piperazine rings is 1. The van der Waals surface area contributed by atoms with Crippen LogP contribution in [0.5, 0.6) is 0 Å². The number of hydrogen-bond donors (Lipinski definition) is 1. The van der Waals surface area contributed by atoms with E-state index in [1.165, 1.54) is 5.56 Å². The van der Waals surface area contributed by atoms with Crippen molar-refractivity contribution >= 4 is 23.4 Å². The summed E-state index contributed by atoms with van der Waals surface area (Å²) in [4.78, 5) is 31.4. The van der Waals surface area contributed by atoms with Crippen LogP contribution in [0, 0.1) is 5.92 Å². The number of carbonyl (C=O) groups is 2. The fraction of sp³-hybridized carbons (Fsp3) is 0.462. The molecule has 2 saturated heterocycles. The van der Waals surface area contributed by atoms with Crippen LogP contribution in [-0.4, -0.2) is 52.8 Å². The number of halogens is 1. The van der Waals surface area contributed by atoms with Crippen LogP contribution in [0.25, 0.3) is 0 Å². The Hall–Kier alpha value is -2.37. The van der Waals surface area contributed by atoms with Crippen molar-refractivity contribution < 1.29 is 9.59 Å². The van der Waals surface area contributed by atoms with E-state index in [4.69, 9.17) is 11.6 Å². The molecule has 1 N–H and O–H groups in total. The molecule has 32 heavy (non-hydrogen) atoms. The number of amides is 2. The number of piperidine rings is 1. The van der Waals surface area contributed by atoms with E-state index in [2.05, 4.69) is 22.3 Å². The van der Waals surface area contributed by atoms with Crippen LogP contribution >= 0.6 is 11.6 Å². The Morgan fingerprint density at radius 1 is 0.938 bits per heavy atom. The minimum Gasteiger partial charge on any atom is -0.342 e. The first-order valence-electron chi connectivity index (χ1n) is 11.7. The number of likely N-dealkylation sites (tertiary alicyclic amines) is 1. The van der Waals surface area contributed by atoms with Gasteiger partial charge in [0, 0.05) is 37.6 Å². The van der Waals surface area contributed by atoms with E-state index in [0.29, 0.717) is 31.7 Å². The minimum atomic E-state index is -0.705. The Morgan fingerprint density at radius 3 is 2.28 bits per heavy atom. The summed E-state index contributed by atoms with van der Waals surface area (Å²) >= 11 is 6.01. The van der Waals surface area contributed by atoms with Gasteiger partial charge in [-0.05, 0) is 54.9 Å². The first-order chi connectivity index (χ1) is 15.5. The van der Waals surface area contributed by atoms with Crippen molar-refractivity contribution in [3.63, 3.8) is 0 Å². The van der Waals surface area contributed by atoms with Crippen LogP contribution in [0.3, 0.4) is 0 Å². The third kappa shape index (κ3) is 4.41. The molecule has 2 aliphatic heterocycles. The molecule has 168 valence electrons. The van der Waals surface area contributed by atoms with Gasteiger partial charge in [0.05, 0.1) is 0 Å². The molecule has 2 heterocycles. The summed E-state index contributed by atoms with van der Waals surface area (Å²) in [7, 11) is 0. The molecule has 0 aromatic heterocycles. The van der Waals surface area contributed by atoms with Crippen LogP contribution < -0.4 is 5.32 Å². The van der Waals surface area contributed by atoms with E-state index in [1.54, 1.807) is 0 Å². The number of rotatable bonds is 6. The number of nitrogens with zero attached hydrogens (tertiary/aromatic N) is 2. The second kappa shape index (κ2) is 8.87. The second-order valence-corrected chi connectivity index (χ2v) is 9.98. The molecule has 0 unspecified atom stereocenters. The predicted molar refractivity (Wildman–Crippen MR) is 125 cm³/mol. The molecular formula is C26H30ClN3O2. The highest BCUT2D eigenvalue weighted by atomic mass is 35.5. The molecule has 5 rings (SSSR count). The van der Waals surface area contributed by atoms with Crippen LogP contribution in [0.1, 0.15) is 36.8 Å². The van der Waals surface area contributed by atoms with Crippen LogP contribution in [0.2, 0.25) is 5.02 Å². The van der Waals surface area contributed by atoms with Gasteiger partial charge in [-0.1, -0.05) is 54.1 Å². The van der Waals surface area contributed by atoms with Gasteiger partial charge in [0.25, 0.3) is 0 Å². The van der Waals surface area contributed by atoms with Gasteiger partial charge >= 0.3 is 0 Å². The second-order valence-electron chi connectivity index (χ2n) is 9.54. The summed E-state index contributed by atoms with van der Waals surface area (Å²) in [6.45, 7) is 3.15. The standard InChI is InChI=1S/C26H30ClN3O2/c27-22-10-8-20(9-11-22)17-29-14-12-26(13-15-29)25(32)28-23(16-19-4-2-1-3-5-19)24(31)30(26)18-21-6-7-21/h1-5,8-11,21,23H,6-7,12-18H2,(H,28,32)/t23-/m1/s1. The Balaban J connectivity index is 1.30. The molecule has 3 fully saturated rings. The van der Waals surface area contributed by atoms with E-state index in [-0.39, 0.29) is 11.8 Å². The van der Waals surface area contributed by atoms with Gasteiger partial charge < -0.3 is 10.2 Å². The van der Waals surface area contributed by atoms with Gasteiger partial charge in [-0.15, -0.1) is 0 Å². The molecule has 1 spiro atoms. The summed E-state index contributed by atoms with van der Waals surface area (Å²) in [5.74, 6) is 0.669. The van der Waals surface area contributed by atoms with E-state index in [1.807, 2.05) is 47.4 Å². The highest BCUT2D eigenvalue weighted by molar-refractivity contribution is 6.30. The third-order valence-electron chi connectivity index (χ3n) is 7.23. The average Bonchev–Trinajstić information content (AvgIpc) is 3.63. The Kier molecular flexibility index (Phi) is 5.95. The van der Waals surface area contributed by atoms with Crippen molar-refractivity contribution in [3.8, 4) is 0 Å². The molecule has 0 radical (unpaired) electrons. The van der Waals surface area contributed by atoms with Gasteiger partial charge in [0.2, 0.25) is 11.8 Å². The maximum Gasteiger partial charge on any atom is 0.246 e. The van der Waals surface area contributed by atoms with Gasteiger partial charge in [0.15, 0.2) is 0 Å². The molecule has 2 aromatic rings. The number of carbonyl (C=O) groups excluding carboxylic acids is 2. The zero-order valence-electron chi connectivity index (χ0n) is 18.3. The van der Waals surface area contributed by atoms with Crippen molar-refractivity contribution in [2.45, 2.75) is 50.2 Å². The largest absolute Gasteiger partial charge is 0.342 e. The number of nitrogens with one attached hydrogen (secondary N) is 1. The topological polar surface area (TPSA) is 52.7 Å². The number of benzene rings is 2. The highest BCUT2D eigenvalue weighted by Gasteiger charge is 2.54. The monoisotopic (exact) mass is 451 g/mol. The zero-order chi connectivity index (χ0) is 22.1. The molecule has 3 aliphatic rings. The molecular weight excluding hydrogens is 422 g/mol. The lowest BCUT2D eigenvalue weighted by atomic mass is 9.81. The lowest BCUT2D eigenvalue weighted by molar-refractivity contribution is -0.161. The van der Waals surface area contributed by atoms with Gasteiger partial charge in [-0.25, -0.2) is 0 Å². The molecule has 1 atom stereocenters. The lowest BCUT2D eigenvalue weighted by Gasteiger charge is -2.52. The van der Waals surface area contributed by atoms with Gasteiger partial charge in [-0.2, -0.15) is 0 Å². The summed E-state index contributed by atoms with van der Waals surface area (Å²) < 4.78 is 0. The SMILES string of the molecule is O=C1[C@@H](Cc2ccccc2)NC(=O)C2(CCN(Cc3ccc(Cl)cc3)CC2)N1CC1CC1.